The average Bonchev–Trinajstić information content (AvgIpc) is 2.66. The van der Waals surface area contributed by atoms with Gasteiger partial charge in [0.1, 0.15) is 0 Å². The minimum Gasteiger partial charge on any atom is -0.240 e. The van der Waals surface area contributed by atoms with Crippen LogP contribution < -0.4 is 0 Å². The summed E-state index contributed by atoms with van der Waals surface area (Å²) in [5, 5.41) is 4.25. The van der Waals surface area contributed by atoms with Crippen molar-refractivity contribution in [2.24, 2.45) is 5.10 Å². The van der Waals surface area contributed by atoms with Gasteiger partial charge in [0.2, 0.25) is 0 Å². The van der Waals surface area contributed by atoms with E-state index in [4.69, 9.17) is 0 Å². The maximum Gasteiger partial charge on any atom is 0.453 e. The molecular weight excluding hydrogens is 169 g/mol. The molecule has 0 aliphatic carbocycles. The van der Waals surface area contributed by atoms with Crippen molar-refractivity contribution >= 4 is 5.84 Å². The topological polar surface area (TPSA) is 15.4 Å². The number of halogens is 3. The van der Waals surface area contributed by atoms with Crippen LogP contribution in [0.1, 0.15) is 26.2 Å². The van der Waals surface area contributed by atoms with Gasteiger partial charge in [0.25, 0.3) is 5.84 Å². The SMILES string of the molecule is CCCCCN1N=C1C(F)(F)F. The van der Waals surface area contributed by atoms with E-state index in [1.165, 1.54) is 0 Å². The van der Waals surface area contributed by atoms with E-state index in [0.717, 1.165) is 24.3 Å². The van der Waals surface area contributed by atoms with Crippen molar-refractivity contribution in [3.63, 3.8) is 0 Å². The molecule has 12 heavy (non-hydrogen) atoms. The Morgan fingerprint density at radius 3 is 2.42 bits per heavy atom. The van der Waals surface area contributed by atoms with Gasteiger partial charge in [0.15, 0.2) is 0 Å². The van der Waals surface area contributed by atoms with Crippen LogP contribution in [0.2, 0.25) is 0 Å². The van der Waals surface area contributed by atoms with Crippen molar-refractivity contribution < 1.29 is 13.2 Å². The van der Waals surface area contributed by atoms with Crippen LogP contribution in [0, 0.1) is 0 Å². The highest BCUT2D eigenvalue weighted by atomic mass is 19.4. The monoisotopic (exact) mass is 180 g/mol. The second-order valence-electron chi connectivity index (χ2n) is 2.75. The molecule has 0 saturated carbocycles. The molecule has 1 aliphatic rings. The smallest absolute Gasteiger partial charge is 0.240 e. The van der Waals surface area contributed by atoms with Crippen molar-refractivity contribution in [1.29, 1.82) is 0 Å². The highest BCUT2D eigenvalue weighted by Gasteiger charge is 2.47. The van der Waals surface area contributed by atoms with Crippen molar-refractivity contribution in [2.75, 3.05) is 6.54 Å². The van der Waals surface area contributed by atoms with Crippen LogP contribution in [0.3, 0.4) is 0 Å². The van der Waals surface area contributed by atoms with Gasteiger partial charge in [-0.25, -0.2) is 5.01 Å². The number of alkyl halides is 3. The van der Waals surface area contributed by atoms with Crippen molar-refractivity contribution in [3.8, 4) is 0 Å². The lowest BCUT2D eigenvalue weighted by molar-refractivity contribution is -0.0601. The minimum absolute atomic E-state index is 0.405. The second kappa shape index (κ2) is 3.33. The predicted octanol–water partition coefficient (Wildman–Crippen LogP) is 2.37. The first-order valence-electron chi connectivity index (χ1n) is 3.99. The molecule has 0 fully saturated rings. The molecule has 0 aromatic rings. The van der Waals surface area contributed by atoms with Gasteiger partial charge in [-0.2, -0.15) is 13.2 Å². The quantitative estimate of drug-likeness (QED) is 0.606. The highest BCUT2D eigenvalue weighted by Crippen LogP contribution is 2.28. The summed E-state index contributed by atoms with van der Waals surface area (Å²) in [7, 11) is 0. The summed E-state index contributed by atoms with van der Waals surface area (Å²) in [5.41, 5.74) is 0. The number of nitrogens with zero attached hydrogens (tertiary/aromatic N) is 2. The fourth-order valence-electron chi connectivity index (χ4n) is 0.962. The lowest BCUT2D eigenvalue weighted by Gasteiger charge is -2.02. The molecule has 0 atom stereocenters. The van der Waals surface area contributed by atoms with Gasteiger partial charge in [0.05, 0.1) is 0 Å². The molecule has 0 saturated heterocycles. The Bertz CT molecular complexity index is 186. The number of amidine groups is 1. The molecule has 0 N–H and O–H groups in total. The molecule has 2 nitrogen and oxygen atoms in total. The molecule has 0 aromatic heterocycles. The van der Waals surface area contributed by atoms with Crippen LogP contribution in [0.5, 0.6) is 0 Å². The Balaban J connectivity index is 2.11. The summed E-state index contributed by atoms with van der Waals surface area (Å²) >= 11 is 0. The fraction of sp³-hybridized carbons (Fsp3) is 0.857. The number of rotatable bonds is 4. The molecule has 1 heterocycles. The van der Waals surface area contributed by atoms with Crippen LogP contribution in [0.4, 0.5) is 13.2 Å². The van der Waals surface area contributed by atoms with Crippen LogP contribution in [0.15, 0.2) is 5.10 Å². The van der Waals surface area contributed by atoms with Crippen LogP contribution in [-0.4, -0.2) is 23.6 Å². The van der Waals surface area contributed by atoms with Crippen molar-refractivity contribution in [2.45, 2.75) is 32.4 Å². The molecular formula is C7H11F3N2. The highest BCUT2D eigenvalue weighted by molar-refractivity contribution is 5.95. The molecule has 0 radical (unpaired) electrons. The Morgan fingerprint density at radius 1 is 1.33 bits per heavy atom. The summed E-state index contributed by atoms with van der Waals surface area (Å²) in [5.74, 6) is -0.724. The van der Waals surface area contributed by atoms with E-state index in [1.807, 2.05) is 6.92 Å². The van der Waals surface area contributed by atoms with Gasteiger partial charge in [-0.05, 0) is 6.42 Å². The lowest BCUT2D eigenvalue weighted by Crippen LogP contribution is -2.22. The van der Waals surface area contributed by atoms with E-state index in [9.17, 15) is 13.2 Å². The van der Waals surface area contributed by atoms with E-state index in [1.54, 1.807) is 0 Å². The Hall–Kier alpha value is -0.740. The summed E-state index contributed by atoms with van der Waals surface area (Å²) in [6.07, 6.45) is -1.50. The Morgan fingerprint density at radius 2 is 2.00 bits per heavy atom. The lowest BCUT2D eigenvalue weighted by atomic mass is 10.2. The number of unbranched alkanes of at least 4 members (excludes halogenated alkanes) is 2. The molecule has 5 heteroatoms. The number of hydrogen-bond acceptors (Lipinski definition) is 2. The van der Waals surface area contributed by atoms with Gasteiger partial charge < -0.3 is 0 Å². The molecule has 0 spiro atoms. The van der Waals surface area contributed by atoms with Crippen molar-refractivity contribution in [3.05, 3.63) is 0 Å². The van der Waals surface area contributed by atoms with Gasteiger partial charge in [-0.3, -0.25) is 0 Å². The first-order valence-corrected chi connectivity index (χ1v) is 3.99. The van der Waals surface area contributed by atoms with E-state index in [-0.39, 0.29) is 0 Å². The zero-order chi connectivity index (χ0) is 9.19. The Kier molecular flexibility index (Phi) is 2.59. The zero-order valence-corrected chi connectivity index (χ0v) is 6.86. The van der Waals surface area contributed by atoms with Crippen LogP contribution >= 0.6 is 0 Å². The van der Waals surface area contributed by atoms with E-state index in [0.29, 0.717) is 6.54 Å². The minimum atomic E-state index is -4.24. The zero-order valence-electron chi connectivity index (χ0n) is 6.86. The molecule has 0 bridgehead atoms. The first kappa shape index (κ1) is 9.35. The molecule has 1 aliphatic heterocycles. The second-order valence-corrected chi connectivity index (χ2v) is 2.75. The molecule has 0 aromatic carbocycles. The van der Waals surface area contributed by atoms with Crippen molar-refractivity contribution in [1.82, 2.24) is 5.01 Å². The Labute approximate surface area is 69.0 Å². The maximum atomic E-state index is 11.8. The molecule has 0 unspecified atom stereocenters. The third-order valence-corrected chi connectivity index (χ3v) is 1.65. The van der Waals surface area contributed by atoms with E-state index in [2.05, 4.69) is 5.10 Å². The molecule has 0 amide bonds. The normalized spacial score (nSPS) is 16.3. The molecule has 1 rings (SSSR count). The summed E-state index contributed by atoms with van der Waals surface area (Å²) in [6.45, 7) is 2.41. The van der Waals surface area contributed by atoms with Gasteiger partial charge >= 0.3 is 6.18 Å². The largest absolute Gasteiger partial charge is 0.453 e. The maximum absolute atomic E-state index is 11.8. The van der Waals surface area contributed by atoms with E-state index < -0.39 is 12.0 Å². The average molecular weight is 180 g/mol. The summed E-state index contributed by atoms with van der Waals surface area (Å²) < 4.78 is 35.5. The standard InChI is InChI=1S/C7H11F3N2/c1-2-3-4-5-12-6(11-12)7(8,9)10/h2-5H2,1H3. The third kappa shape index (κ3) is 2.39. The number of hydrazone groups is 1. The predicted molar refractivity (Wildman–Crippen MR) is 39.7 cm³/mol. The first-order chi connectivity index (χ1) is 5.55. The van der Waals surface area contributed by atoms with Gasteiger partial charge in [-0.15, -0.1) is 5.10 Å². The molecule has 70 valence electrons. The fourth-order valence-corrected chi connectivity index (χ4v) is 0.962. The van der Waals surface area contributed by atoms with Crippen LogP contribution in [-0.2, 0) is 0 Å². The third-order valence-electron chi connectivity index (χ3n) is 1.65. The van der Waals surface area contributed by atoms with Gasteiger partial charge in [0, 0.05) is 6.54 Å². The summed E-state index contributed by atoms with van der Waals surface area (Å²) in [4.78, 5) is 0. The van der Waals surface area contributed by atoms with E-state index >= 15 is 0 Å². The summed E-state index contributed by atoms with van der Waals surface area (Å²) in [6, 6.07) is 0. The van der Waals surface area contributed by atoms with Gasteiger partial charge in [-0.1, -0.05) is 19.8 Å². The van der Waals surface area contributed by atoms with Crippen LogP contribution in [0.25, 0.3) is 0 Å². The number of hydrogen-bond donors (Lipinski definition) is 0.